The molecule has 4 heterocycles. The third-order valence-electron chi connectivity index (χ3n) is 6.06. The van der Waals surface area contributed by atoms with Gasteiger partial charge in [0, 0.05) is 25.4 Å². The maximum absolute atomic E-state index is 12.6. The molecule has 32 heavy (non-hydrogen) atoms. The second-order valence-electron chi connectivity index (χ2n) is 8.40. The number of rotatable bonds is 6. The molecule has 0 aliphatic carbocycles. The Hall–Kier alpha value is -1.98. The summed E-state index contributed by atoms with van der Waals surface area (Å²) in [4.78, 5) is 19.3. The molecule has 3 aromatic rings. The third kappa shape index (κ3) is 4.99. The van der Waals surface area contributed by atoms with Gasteiger partial charge in [0.1, 0.15) is 0 Å². The number of sulfone groups is 1. The van der Waals surface area contributed by atoms with Gasteiger partial charge in [0.25, 0.3) is 5.22 Å². The molecule has 1 aromatic carbocycles. The molecular formula is C21H24N4O4S3. The Bertz CT molecular complexity index is 1180. The number of likely N-dealkylation sites (tertiary alicyclic amines) is 1. The van der Waals surface area contributed by atoms with Gasteiger partial charge < -0.3 is 9.32 Å². The molecule has 2 aromatic heterocycles. The minimum atomic E-state index is -2.92. The van der Waals surface area contributed by atoms with E-state index in [1.54, 1.807) is 11.3 Å². The number of thioether (sulfide) groups is 1. The molecule has 170 valence electrons. The number of fused-ring (bicyclic) bond motifs is 1. The normalized spacial score (nSPS) is 21.4. The second kappa shape index (κ2) is 9.11. The van der Waals surface area contributed by atoms with Crippen LogP contribution in [0.25, 0.3) is 10.2 Å². The van der Waals surface area contributed by atoms with Crippen LogP contribution in [0.3, 0.4) is 0 Å². The smallest absolute Gasteiger partial charge is 0.277 e. The number of para-hydroxylation sites is 1. The predicted octanol–water partition coefficient (Wildman–Crippen LogP) is 3.15. The average molecular weight is 493 g/mol. The van der Waals surface area contributed by atoms with Crippen LogP contribution in [-0.4, -0.2) is 64.8 Å². The van der Waals surface area contributed by atoms with Crippen LogP contribution >= 0.6 is 23.1 Å². The molecule has 2 aliphatic heterocycles. The first-order valence-electron chi connectivity index (χ1n) is 10.7. The summed E-state index contributed by atoms with van der Waals surface area (Å²) in [6, 6.07) is 8.19. The number of piperidine rings is 1. The van der Waals surface area contributed by atoms with Gasteiger partial charge in [-0.2, -0.15) is 0 Å². The van der Waals surface area contributed by atoms with Crippen molar-refractivity contribution in [3.8, 4) is 0 Å². The van der Waals surface area contributed by atoms with Gasteiger partial charge in [-0.05, 0) is 37.3 Å². The van der Waals surface area contributed by atoms with Crippen LogP contribution in [0, 0.1) is 5.92 Å². The van der Waals surface area contributed by atoms with Crippen LogP contribution in [-0.2, 0) is 21.1 Å². The molecule has 11 heteroatoms. The Morgan fingerprint density at radius 3 is 2.75 bits per heavy atom. The lowest BCUT2D eigenvalue weighted by molar-refractivity contribution is -0.129. The van der Waals surface area contributed by atoms with Crippen LogP contribution in [0.15, 0.2) is 33.9 Å². The molecule has 2 fully saturated rings. The largest absolute Gasteiger partial charge is 0.416 e. The van der Waals surface area contributed by atoms with E-state index >= 15 is 0 Å². The van der Waals surface area contributed by atoms with E-state index in [0.29, 0.717) is 29.9 Å². The summed E-state index contributed by atoms with van der Waals surface area (Å²) in [5.41, 5.74) is 1.05. The number of hydrogen-bond donors (Lipinski definition) is 0. The number of thiazole rings is 1. The van der Waals surface area contributed by atoms with E-state index in [-0.39, 0.29) is 29.1 Å². The van der Waals surface area contributed by atoms with Crippen molar-refractivity contribution in [2.45, 2.75) is 36.8 Å². The highest BCUT2D eigenvalue weighted by molar-refractivity contribution is 7.99. The molecule has 0 spiro atoms. The van der Waals surface area contributed by atoms with Crippen molar-refractivity contribution < 1.29 is 17.6 Å². The molecule has 8 nitrogen and oxygen atoms in total. The zero-order valence-electron chi connectivity index (χ0n) is 17.5. The van der Waals surface area contributed by atoms with Gasteiger partial charge in [0.2, 0.25) is 11.8 Å². The summed E-state index contributed by atoms with van der Waals surface area (Å²) < 4.78 is 30.0. The predicted molar refractivity (Wildman–Crippen MR) is 124 cm³/mol. The van der Waals surface area contributed by atoms with Gasteiger partial charge >= 0.3 is 0 Å². The Kier molecular flexibility index (Phi) is 6.22. The van der Waals surface area contributed by atoms with Gasteiger partial charge in [0.05, 0.1) is 32.5 Å². The van der Waals surface area contributed by atoms with E-state index in [1.165, 1.54) is 21.5 Å². The van der Waals surface area contributed by atoms with Gasteiger partial charge in [-0.3, -0.25) is 4.79 Å². The molecule has 0 radical (unpaired) electrons. The van der Waals surface area contributed by atoms with Gasteiger partial charge in [0.15, 0.2) is 9.84 Å². The highest BCUT2D eigenvalue weighted by Crippen LogP contribution is 2.34. The van der Waals surface area contributed by atoms with Crippen molar-refractivity contribution in [3.05, 3.63) is 35.2 Å². The minimum absolute atomic E-state index is 0.0386. The lowest BCUT2D eigenvalue weighted by Gasteiger charge is -2.31. The van der Waals surface area contributed by atoms with Crippen LogP contribution < -0.4 is 0 Å². The van der Waals surface area contributed by atoms with Crippen molar-refractivity contribution in [2.75, 3.05) is 30.3 Å². The van der Waals surface area contributed by atoms with Crippen molar-refractivity contribution in [3.63, 3.8) is 0 Å². The highest BCUT2D eigenvalue weighted by Gasteiger charge is 2.30. The van der Waals surface area contributed by atoms with E-state index in [9.17, 15) is 13.2 Å². The Morgan fingerprint density at radius 1 is 1.19 bits per heavy atom. The molecule has 0 unspecified atom stereocenters. The number of hydrogen-bond acceptors (Lipinski definition) is 9. The molecule has 2 saturated heterocycles. The van der Waals surface area contributed by atoms with E-state index in [4.69, 9.17) is 9.40 Å². The first kappa shape index (κ1) is 21.8. The maximum Gasteiger partial charge on any atom is 0.277 e. The van der Waals surface area contributed by atoms with E-state index in [0.717, 1.165) is 31.4 Å². The SMILES string of the molecule is O=C(CSc1nnc(C[C@@H]2CCS(=O)(=O)C2)o1)N1CCC(c2nc3ccccc3s2)CC1. The van der Waals surface area contributed by atoms with E-state index < -0.39 is 9.84 Å². The van der Waals surface area contributed by atoms with Crippen LogP contribution in [0.2, 0.25) is 0 Å². The molecule has 2 aliphatic rings. The topological polar surface area (TPSA) is 106 Å². The third-order valence-corrected chi connectivity index (χ3v) is 9.90. The first-order valence-corrected chi connectivity index (χ1v) is 14.4. The number of amides is 1. The standard InChI is InChI=1S/C21H24N4O4S3/c26-19(12-30-21-24-23-18(29-21)11-14-7-10-32(27,28)13-14)25-8-5-15(6-9-25)20-22-16-3-1-2-4-17(16)31-20/h1-4,14-15H,5-13H2/t14-/m0/s1. The van der Waals surface area contributed by atoms with E-state index in [2.05, 4.69) is 16.3 Å². The fourth-order valence-corrected chi connectivity index (χ4v) is 8.00. The van der Waals surface area contributed by atoms with Crippen LogP contribution in [0.5, 0.6) is 0 Å². The summed E-state index contributed by atoms with van der Waals surface area (Å²) in [5, 5.41) is 9.55. The van der Waals surface area contributed by atoms with Crippen molar-refractivity contribution in [2.24, 2.45) is 5.92 Å². The fraction of sp³-hybridized carbons (Fsp3) is 0.524. The summed E-state index contributed by atoms with van der Waals surface area (Å²) >= 11 is 3.00. The first-order chi connectivity index (χ1) is 15.4. The van der Waals surface area contributed by atoms with Crippen LogP contribution in [0.1, 0.15) is 36.1 Å². The number of nitrogens with zero attached hydrogens (tertiary/aromatic N) is 4. The molecule has 0 bridgehead atoms. The monoisotopic (exact) mass is 492 g/mol. The zero-order chi connectivity index (χ0) is 22.1. The van der Waals surface area contributed by atoms with E-state index in [1.807, 2.05) is 23.1 Å². The molecule has 0 N–H and O–H groups in total. The second-order valence-corrected chi connectivity index (χ2v) is 12.6. The number of carbonyl (C=O) groups excluding carboxylic acids is 1. The number of aromatic nitrogens is 3. The molecule has 0 saturated carbocycles. The molecule has 5 rings (SSSR count). The average Bonchev–Trinajstić information content (AvgIpc) is 3.50. The van der Waals surface area contributed by atoms with Gasteiger partial charge in [-0.15, -0.1) is 21.5 Å². The number of benzene rings is 1. The summed E-state index contributed by atoms with van der Waals surface area (Å²) in [7, 11) is -2.92. The maximum atomic E-state index is 12.6. The summed E-state index contributed by atoms with van der Waals surface area (Å²) in [5.74, 6) is 1.63. The van der Waals surface area contributed by atoms with Crippen molar-refractivity contribution in [1.82, 2.24) is 20.1 Å². The van der Waals surface area contributed by atoms with Gasteiger partial charge in [-0.25, -0.2) is 13.4 Å². The van der Waals surface area contributed by atoms with Crippen LogP contribution in [0.4, 0.5) is 0 Å². The molecule has 1 atom stereocenters. The quantitative estimate of drug-likeness (QED) is 0.483. The molecular weight excluding hydrogens is 468 g/mol. The Balaban J connectivity index is 1.09. The Morgan fingerprint density at radius 2 is 2.00 bits per heavy atom. The zero-order valence-corrected chi connectivity index (χ0v) is 19.9. The minimum Gasteiger partial charge on any atom is -0.416 e. The fourth-order valence-electron chi connectivity index (χ4n) is 4.31. The Labute approximate surface area is 194 Å². The lowest BCUT2D eigenvalue weighted by atomic mass is 9.97. The van der Waals surface area contributed by atoms with Crippen molar-refractivity contribution >= 4 is 49.1 Å². The lowest BCUT2D eigenvalue weighted by Crippen LogP contribution is -2.38. The van der Waals surface area contributed by atoms with Gasteiger partial charge in [-0.1, -0.05) is 23.9 Å². The van der Waals surface area contributed by atoms with Crippen molar-refractivity contribution in [1.29, 1.82) is 0 Å². The molecule has 1 amide bonds. The summed E-state index contributed by atoms with van der Waals surface area (Å²) in [6.07, 6.45) is 2.95. The number of carbonyl (C=O) groups is 1. The summed E-state index contributed by atoms with van der Waals surface area (Å²) in [6.45, 7) is 1.45. The highest BCUT2D eigenvalue weighted by atomic mass is 32.2.